The van der Waals surface area contributed by atoms with Crippen molar-refractivity contribution in [1.82, 2.24) is 0 Å². The lowest BCUT2D eigenvalue weighted by molar-refractivity contribution is -0.155. The van der Waals surface area contributed by atoms with E-state index in [1.807, 2.05) is 0 Å². The molecule has 0 aromatic carbocycles. The van der Waals surface area contributed by atoms with E-state index in [2.05, 4.69) is 57.1 Å². The molecule has 1 aliphatic heterocycles. The zero-order valence-electron chi connectivity index (χ0n) is 17.8. The van der Waals surface area contributed by atoms with E-state index < -0.39 is 8.07 Å². The van der Waals surface area contributed by atoms with Gasteiger partial charge in [-0.3, -0.25) is 0 Å². The van der Waals surface area contributed by atoms with E-state index in [0.29, 0.717) is 6.61 Å². The van der Waals surface area contributed by atoms with Crippen molar-refractivity contribution in [3.05, 3.63) is 23.3 Å². The zero-order chi connectivity index (χ0) is 19.3. The minimum absolute atomic E-state index is 0.0189. The fourth-order valence-corrected chi connectivity index (χ4v) is 3.49. The first-order valence-electron chi connectivity index (χ1n) is 10.4. The molecular formula is C23H40O2Si. The van der Waals surface area contributed by atoms with Crippen LogP contribution in [0.4, 0.5) is 0 Å². The lowest BCUT2D eigenvalue weighted by atomic mass is 10.1. The van der Waals surface area contributed by atoms with Gasteiger partial charge in [0, 0.05) is 13.0 Å². The smallest absolute Gasteiger partial charge is 0.157 e. The van der Waals surface area contributed by atoms with Gasteiger partial charge in [0.1, 0.15) is 8.07 Å². The van der Waals surface area contributed by atoms with Crippen LogP contribution in [0.15, 0.2) is 23.3 Å². The number of hydrogen-bond donors (Lipinski definition) is 0. The molecule has 1 fully saturated rings. The molecule has 2 nitrogen and oxygen atoms in total. The van der Waals surface area contributed by atoms with Crippen LogP contribution >= 0.6 is 0 Å². The van der Waals surface area contributed by atoms with Gasteiger partial charge in [0.05, 0.1) is 6.61 Å². The van der Waals surface area contributed by atoms with Gasteiger partial charge >= 0.3 is 0 Å². The fraction of sp³-hybridized carbons (Fsp3) is 0.739. The number of hydrogen-bond acceptors (Lipinski definition) is 2. The minimum atomic E-state index is -1.18. The summed E-state index contributed by atoms with van der Waals surface area (Å²) in [7, 11) is -1.18. The van der Waals surface area contributed by atoms with E-state index in [0.717, 1.165) is 32.3 Å². The predicted molar refractivity (Wildman–Crippen MR) is 116 cm³/mol. The van der Waals surface area contributed by atoms with Crippen LogP contribution in [0, 0.1) is 11.5 Å². The Morgan fingerprint density at radius 2 is 1.85 bits per heavy atom. The van der Waals surface area contributed by atoms with Gasteiger partial charge in [-0.1, -0.05) is 42.9 Å². The van der Waals surface area contributed by atoms with E-state index in [9.17, 15) is 0 Å². The van der Waals surface area contributed by atoms with Gasteiger partial charge < -0.3 is 9.47 Å². The fourth-order valence-electron chi connectivity index (χ4n) is 2.84. The van der Waals surface area contributed by atoms with Crippen molar-refractivity contribution in [2.45, 2.75) is 97.6 Å². The molecule has 0 amide bonds. The maximum absolute atomic E-state index is 5.76. The van der Waals surface area contributed by atoms with Crippen molar-refractivity contribution in [1.29, 1.82) is 0 Å². The number of ether oxygens (including phenoxy) is 2. The lowest BCUT2D eigenvalue weighted by Gasteiger charge is -2.22. The highest BCUT2D eigenvalue weighted by molar-refractivity contribution is 6.83. The molecule has 1 unspecified atom stereocenters. The van der Waals surface area contributed by atoms with Crippen molar-refractivity contribution in [2.24, 2.45) is 0 Å². The van der Waals surface area contributed by atoms with Crippen molar-refractivity contribution < 1.29 is 9.47 Å². The molecule has 1 rings (SSSR count). The van der Waals surface area contributed by atoms with Crippen LogP contribution in [0.3, 0.4) is 0 Å². The summed E-state index contributed by atoms with van der Waals surface area (Å²) >= 11 is 0. The number of allylic oxidation sites excluding steroid dienone is 3. The average molecular weight is 377 g/mol. The van der Waals surface area contributed by atoms with Crippen molar-refractivity contribution in [3.63, 3.8) is 0 Å². The molecule has 0 spiro atoms. The lowest BCUT2D eigenvalue weighted by Crippen LogP contribution is -2.22. The monoisotopic (exact) mass is 376 g/mol. The summed E-state index contributed by atoms with van der Waals surface area (Å²) in [6, 6.07) is 0. The van der Waals surface area contributed by atoms with E-state index in [4.69, 9.17) is 9.47 Å². The summed E-state index contributed by atoms with van der Waals surface area (Å²) in [6.07, 6.45) is 15.1. The van der Waals surface area contributed by atoms with Crippen LogP contribution in [-0.2, 0) is 9.47 Å². The third-order valence-corrected chi connectivity index (χ3v) is 5.40. The van der Waals surface area contributed by atoms with Crippen LogP contribution in [-0.4, -0.2) is 27.6 Å². The zero-order valence-corrected chi connectivity index (χ0v) is 18.8. The largest absolute Gasteiger partial charge is 0.353 e. The van der Waals surface area contributed by atoms with E-state index in [-0.39, 0.29) is 6.29 Å². The maximum Gasteiger partial charge on any atom is 0.157 e. The minimum Gasteiger partial charge on any atom is -0.353 e. The summed E-state index contributed by atoms with van der Waals surface area (Å²) in [4.78, 5) is 0. The van der Waals surface area contributed by atoms with Crippen molar-refractivity contribution in [2.75, 3.05) is 13.2 Å². The Kier molecular flexibility index (Phi) is 11.9. The molecule has 0 N–H and O–H groups in total. The first-order valence-corrected chi connectivity index (χ1v) is 13.9. The molecule has 26 heavy (non-hydrogen) atoms. The van der Waals surface area contributed by atoms with E-state index in [1.165, 1.54) is 43.3 Å². The van der Waals surface area contributed by atoms with Crippen LogP contribution in [0.25, 0.3) is 0 Å². The van der Waals surface area contributed by atoms with Crippen LogP contribution < -0.4 is 0 Å². The molecule has 3 heteroatoms. The van der Waals surface area contributed by atoms with Crippen LogP contribution in [0.1, 0.15) is 71.6 Å². The topological polar surface area (TPSA) is 18.5 Å². The summed E-state index contributed by atoms with van der Waals surface area (Å²) < 4.78 is 11.3. The van der Waals surface area contributed by atoms with Gasteiger partial charge in [0.2, 0.25) is 0 Å². The van der Waals surface area contributed by atoms with Gasteiger partial charge in [-0.2, -0.15) is 0 Å². The Hall–Kier alpha value is -0.823. The van der Waals surface area contributed by atoms with Crippen LogP contribution in [0.5, 0.6) is 0 Å². The SMILES string of the molecule is C/C(=C\COC1CCCCO1)CC/C=C(\C)CCCCC#C[Si](C)(C)C. The highest BCUT2D eigenvalue weighted by atomic mass is 28.3. The number of unbranched alkanes of at least 4 members (excludes halogenated alkanes) is 2. The molecule has 0 aliphatic carbocycles. The molecule has 1 heterocycles. The van der Waals surface area contributed by atoms with Crippen molar-refractivity contribution >= 4 is 8.07 Å². The average Bonchev–Trinajstić information content (AvgIpc) is 2.58. The molecular weight excluding hydrogens is 336 g/mol. The van der Waals surface area contributed by atoms with Crippen molar-refractivity contribution in [3.8, 4) is 11.5 Å². The van der Waals surface area contributed by atoms with Gasteiger partial charge in [-0.05, 0) is 65.2 Å². The van der Waals surface area contributed by atoms with Gasteiger partial charge in [-0.25, -0.2) is 0 Å². The molecule has 148 valence electrons. The second-order valence-corrected chi connectivity index (χ2v) is 13.3. The first-order chi connectivity index (χ1) is 12.4. The van der Waals surface area contributed by atoms with E-state index >= 15 is 0 Å². The summed E-state index contributed by atoms with van der Waals surface area (Å²) in [5.74, 6) is 3.36. The second kappa shape index (κ2) is 13.4. The number of rotatable bonds is 10. The molecule has 0 saturated carbocycles. The second-order valence-electron chi connectivity index (χ2n) is 8.53. The normalized spacial score (nSPS) is 19.2. The Balaban J connectivity index is 2.09. The Labute approximate surface area is 163 Å². The first kappa shape index (κ1) is 23.2. The molecule has 1 aliphatic rings. The summed E-state index contributed by atoms with van der Waals surface area (Å²) in [6.45, 7) is 12.9. The van der Waals surface area contributed by atoms with Crippen LogP contribution in [0.2, 0.25) is 19.6 Å². The maximum atomic E-state index is 5.76. The highest BCUT2D eigenvalue weighted by Crippen LogP contribution is 2.15. The van der Waals surface area contributed by atoms with E-state index in [1.54, 1.807) is 0 Å². The Morgan fingerprint density at radius 3 is 2.54 bits per heavy atom. The predicted octanol–water partition coefficient (Wildman–Crippen LogP) is 6.64. The molecule has 0 aromatic heterocycles. The standard InChI is InChI=1S/C23H40O2Si/c1-21(13-8-6-7-11-20-26(3,4)5)14-12-15-22(2)17-19-25-23-16-9-10-18-24-23/h14,17,23H,6-10,12-13,15-16,18-19H2,1-5H3/b21-14+,22-17+. The van der Waals surface area contributed by atoms with Gasteiger partial charge in [0.25, 0.3) is 0 Å². The Bertz CT molecular complexity index is 497. The third-order valence-electron chi connectivity index (χ3n) is 4.47. The van der Waals surface area contributed by atoms with Gasteiger partial charge in [0.15, 0.2) is 6.29 Å². The Morgan fingerprint density at radius 1 is 1.08 bits per heavy atom. The molecule has 0 aromatic rings. The third kappa shape index (κ3) is 13.4. The molecule has 0 bridgehead atoms. The quantitative estimate of drug-likeness (QED) is 0.184. The van der Waals surface area contributed by atoms with Gasteiger partial charge in [-0.15, -0.1) is 11.5 Å². The molecule has 0 radical (unpaired) electrons. The highest BCUT2D eigenvalue weighted by Gasteiger charge is 2.12. The molecule has 1 saturated heterocycles. The molecule has 1 atom stereocenters. The summed E-state index contributed by atoms with van der Waals surface area (Å²) in [5.41, 5.74) is 6.37. The summed E-state index contributed by atoms with van der Waals surface area (Å²) in [5, 5.41) is 0.